The number of carbonyl (C=O) groups is 2. The Morgan fingerprint density at radius 3 is 2.21 bits per heavy atom. The molecule has 2 amide bonds. The van der Waals surface area contributed by atoms with Crippen molar-refractivity contribution in [2.75, 3.05) is 29.9 Å². The van der Waals surface area contributed by atoms with E-state index in [1.165, 1.54) is 5.56 Å². The number of hydrogen-bond acceptors (Lipinski definition) is 3. The monoisotopic (exact) mass is 379 g/mol. The minimum Gasteiger partial charge on any atom is -0.326 e. The molecule has 1 N–H and O–H groups in total. The van der Waals surface area contributed by atoms with Crippen LogP contribution in [0.15, 0.2) is 48.5 Å². The summed E-state index contributed by atoms with van der Waals surface area (Å²) in [6.07, 6.45) is 1.85. The molecule has 5 nitrogen and oxygen atoms in total. The van der Waals surface area contributed by atoms with Crippen molar-refractivity contribution in [1.82, 2.24) is 4.90 Å². The number of hydrogen-bond donors (Lipinski definition) is 1. The fourth-order valence-electron chi connectivity index (χ4n) is 3.50. The average molecular weight is 380 g/mol. The Hall–Kier alpha value is -2.66. The summed E-state index contributed by atoms with van der Waals surface area (Å²) in [7, 11) is 0. The molecule has 2 aromatic carbocycles. The summed E-state index contributed by atoms with van der Waals surface area (Å²) in [6, 6.07) is 15.7. The van der Waals surface area contributed by atoms with Gasteiger partial charge in [-0.05, 0) is 54.9 Å². The van der Waals surface area contributed by atoms with Crippen LogP contribution in [0.1, 0.15) is 37.8 Å². The molecule has 0 aromatic heterocycles. The summed E-state index contributed by atoms with van der Waals surface area (Å²) in [4.78, 5) is 28.3. The van der Waals surface area contributed by atoms with E-state index in [2.05, 4.69) is 36.2 Å². The first-order valence-electron chi connectivity index (χ1n) is 10.1. The molecule has 1 aliphatic rings. The van der Waals surface area contributed by atoms with Crippen LogP contribution in [0.3, 0.4) is 0 Å². The van der Waals surface area contributed by atoms with E-state index in [1.807, 2.05) is 41.3 Å². The Kier molecular flexibility index (Phi) is 6.82. The van der Waals surface area contributed by atoms with E-state index in [4.69, 9.17) is 0 Å². The van der Waals surface area contributed by atoms with Crippen LogP contribution in [-0.4, -0.2) is 36.3 Å². The molecule has 2 aromatic rings. The Morgan fingerprint density at radius 2 is 1.64 bits per heavy atom. The molecule has 0 aliphatic carbocycles. The minimum absolute atomic E-state index is 0.0403. The Bertz CT molecular complexity index is 796. The predicted octanol–water partition coefficient (Wildman–Crippen LogP) is 3.84. The molecule has 3 rings (SSSR count). The molecule has 0 unspecified atom stereocenters. The third kappa shape index (κ3) is 5.20. The molecule has 1 aliphatic heterocycles. The van der Waals surface area contributed by atoms with Crippen molar-refractivity contribution in [1.29, 1.82) is 0 Å². The summed E-state index contributed by atoms with van der Waals surface area (Å²) in [5, 5.41) is 2.96. The molecule has 0 saturated carbocycles. The zero-order valence-corrected chi connectivity index (χ0v) is 16.8. The summed E-state index contributed by atoms with van der Waals surface area (Å²) < 4.78 is 0. The molecule has 5 heteroatoms. The molecule has 0 spiro atoms. The second-order valence-electron chi connectivity index (χ2n) is 7.20. The van der Waals surface area contributed by atoms with E-state index in [0.717, 1.165) is 49.5 Å². The van der Waals surface area contributed by atoms with Gasteiger partial charge < -0.3 is 10.2 Å². The molecule has 0 radical (unpaired) electrons. The van der Waals surface area contributed by atoms with Crippen LogP contribution in [0, 0.1) is 0 Å². The van der Waals surface area contributed by atoms with E-state index in [-0.39, 0.29) is 11.8 Å². The van der Waals surface area contributed by atoms with Gasteiger partial charge in [0.25, 0.3) is 0 Å². The highest BCUT2D eigenvalue weighted by molar-refractivity contribution is 5.95. The Morgan fingerprint density at radius 1 is 1.00 bits per heavy atom. The topological polar surface area (TPSA) is 52.7 Å². The van der Waals surface area contributed by atoms with Gasteiger partial charge in [0, 0.05) is 30.9 Å². The number of benzene rings is 2. The number of rotatable bonds is 8. The molecule has 28 heavy (non-hydrogen) atoms. The first-order chi connectivity index (χ1) is 13.6. The van der Waals surface area contributed by atoms with Crippen molar-refractivity contribution in [2.24, 2.45) is 0 Å². The van der Waals surface area contributed by atoms with Gasteiger partial charge in [0.2, 0.25) is 11.8 Å². The highest BCUT2D eigenvalue weighted by Gasteiger charge is 2.21. The lowest BCUT2D eigenvalue weighted by molar-refractivity contribution is -0.117. The van der Waals surface area contributed by atoms with Gasteiger partial charge in [0.15, 0.2) is 0 Å². The van der Waals surface area contributed by atoms with Gasteiger partial charge in [-0.2, -0.15) is 0 Å². The second kappa shape index (κ2) is 9.51. The number of amides is 2. The van der Waals surface area contributed by atoms with Crippen LogP contribution < -0.4 is 10.2 Å². The molecule has 0 bridgehead atoms. The van der Waals surface area contributed by atoms with Gasteiger partial charge >= 0.3 is 0 Å². The standard InChI is InChI=1S/C23H29N3O2/c1-3-25(4-2)17-19-7-11-20(12-8-19)24-22(27)16-18-9-13-21(14-10-18)26-15-5-6-23(26)28/h7-14H,3-6,15-17H2,1-2H3,(H,24,27). The largest absolute Gasteiger partial charge is 0.326 e. The number of anilines is 2. The smallest absolute Gasteiger partial charge is 0.228 e. The van der Waals surface area contributed by atoms with Crippen molar-refractivity contribution >= 4 is 23.2 Å². The van der Waals surface area contributed by atoms with Crippen LogP contribution in [0.2, 0.25) is 0 Å². The third-order valence-electron chi connectivity index (χ3n) is 5.22. The van der Waals surface area contributed by atoms with Gasteiger partial charge in [0.1, 0.15) is 0 Å². The molecule has 1 saturated heterocycles. The summed E-state index contributed by atoms with van der Waals surface area (Å²) in [5.41, 5.74) is 3.91. The quantitative estimate of drug-likeness (QED) is 0.758. The van der Waals surface area contributed by atoms with E-state index in [1.54, 1.807) is 0 Å². The van der Waals surface area contributed by atoms with Crippen molar-refractivity contribution in [3.05, 3.63) is 59.7 Å². The highest BCUT2D eigenvalue weighted by atomic mass is 16.2. The van der Waals surface area contributed by atoms with Crippen molar-refractivity contribution < 1.29 is 9.59 Å². The van der Waals surface area contributed by atoms with Gasteiger partial charge in [-0.1, -0.05) is 38.1 Å². The fourth-order valence-corrected chi connectivity index (χ4v) is 3.50. The summed E-state index contributed by atoms with van der Waals surface area (Å²) in [5.74, 6) is 0.136. The van der Waals surface area contributed by atoms with E-state index >= 15 is 0 Å². The summed E-state index contributed by atoms with van der Waals surface area (Å²) >= 11 is 0. The first-order valence-corrected chi connectivity index (χ1v) is 10.1. The van der Waals surface area contributed by atoms with Gasteiger partial charge in [-0.15, -0.1) is 0 Å². The number of nitrogens with zero attached hydrogens (tertiary/aromatic N) is 2. The average Bonchev–Trinajstić information content (AvgIpc) is 3.14. The maximum atomic E-state index is 12.3. The van der Waals surface area contributed by atoms with E-state index < -0.39 is 0 Å². The molecular formula is C23H29N3O2. The Labute approximate surface area is 167 Å². The number of carbonyl (C=O) groups excluding carboxylic acids is 2. The van der Waals surface area contributed by atoms with Crippen molar-refractivity contribution in [3.63, 3.8) is 0 Å². The van der Waals surface area contributed by atoms with Gasteiger partial charge in [-0.25, -0.2) is 0 Å². The van der Waals surface area contributed by atoms with Crippen molar-refractivity contribution in [3.8, 4) is 0 Å². The lowest BCUT2D eigenvalue weighted by atomic mass is 10.1. The molecular weight excluding hydrogens is 350 g/mol. The fraction of sp³-hybridized carbons (Fsp3) is 0.391. The van der Waals surface area contributed by atoms with E-state index in [9.17, 15) is 9.59 Å². The normalized spacial score (nSPS) is 14.0. The van der Waals surface area contributed by atoms with E-state index in [0.29, 0.717) is 12.8 Å². The zero-order chi connectivity index (χ0) is 19.9. The van der Waals surface area contributed by atoms with Crippen molar-refractivity contribution in [2.45, 2.75) is 39.7 Å². The maximum Gasteiger partial charge on any atom is 0.228 e. The van der Waals surface area contributed by atoms with Crippen LogP contribution >= 0.6 is 0 Å². The molecule has 148 valence electrons. The molecule has 1 heterocycles. The minimum atomic E-state index is -0.0403. The molecule has 1 fully saturated rings. The highest BCUT2D eigenvalue weighted by Crippen LogP contribution is 2.22. The number of nitrogens with one attached hydrogen (secondary N) is 1. The van der Waals surface area contributed by atoms with Crippen LogP contribution in [0.25, 0.3) is 0 Å². The lowest BCUT2D eigenvalue weighted by Gasteiger charge is -2.18. The second-order valence-corrected chi connectivity index (χ2v) is 7.20. The SMILES string of the molecule is CCN(CC)Cc1ccc(NC(=O)Cc2ccc(N3CCCC3=O)cc2)cc1. The summed E-state index contributed by atoms with van der Waals surface area (Å²) in [6.45, 7) is 8.08. The van der Waals surface area contributed by atoms with Crippen LogP contribution in [0.4, 0.5) is 11.4 Å². The Balaban J connectivity index is 1.53. The molecule has 0 atom stereocenters. The van der Waals surface area contributed by atoms with Crippen LogP contribution in [0.5, 0.6) is 0 Å². The zero-order valence-electron chi connectivity index (χ0n) is 16.8. The van der Waals surface area contributed by atoms with Crippen LogP contribution in [-0.2, 0) is 22.6 Å². The maximum absolute atomic E-state index is 12.3. The predicted molar refractivity (Wildman–Crippen MR) is 113 cm³/mol. The third-order valence-corrected chi connectivity index (χ3v) is 5.22. The first kappa shape index (κ1) is 20.1. The lowest BCUT2D eigenvalue weighted by Crippen LogP contribution is -2.23. The van der Waals surface area contributed by atoms with Gasteiger partial charge in [0.05, 0.1) is 6.42 Å². The van der Waals surface area contributed by atoms with Gasteiger partial charge in [-0.3, -0.25) is 14.5 Å².